The summed E-state index contributed by atoms with van der Waals surface area (Å²) in [5.41, 5.74) is 0.904. The van der Waals surface area contributed by atoms with Gasteiger partial charge in [-0.05, 0) is 50.2 Å². The van der Waals surface area contributed by atoms with E-state index >= 15 is 0 Å². The molecule has 0 atom stereocenters. The summed E-state index contributed by atoms with van der Waals surface area (Å²) < 4.78 is 32.7. The Morgan fingerprint density at radius 1 is 1.07 bits per heavy atom. The maximum atomic E-state index is 12.6. The van der Waals surface area contributed by atoms with E-state index in [-0.39, 0.29) is 33.2 Å². The van der Waals surface area contributed by atoms with Crippen molar-refractivity contribution < 1.29 is 22.7 Å². The number of carbonyl (C=O) groups is 2. The van der Waals surface area contributed by atoms with Crippen molar-refractivity contribution in [3.8, 4) is 5.75 Å². The predicted octanol–water partition coefficient (Wildman–Crippen LogP) is 3.25. The molecule has 0 aromatic heterocycles. The lowest BCUT2D eigenvalue weighted by molar-refractivity contribution is -0.114. The summed E-state index contributed by atoms with van der Waals surface area (Å²) in [7, 11) is -2.53. The van der Waals surface area contributed by atoms with Gasteiger partial charge in [0, 0.05) is 24.2 Å². The SMILES string of the molecule is COc1ccc(C(=O)Nc2ccc(NC(C)=O)cc2Cl)cc1S(=O)(=O)NC(C)C. The quantitative estimate of drug-likeness (QED) is 0.612. The Labute approximate surface area is 174 Å². The zero-order valence-electron chi connectivity index (χ0n) is 16.4. The fourth-order valence-corrected chi connectivity index (χ4v) is 4.17. The molecule has 0 bridgehead atoms. The van der Waals surface area contributed by atoms with Crippen LogP contribution < -0.4 is 20.1 Å². The van der Waals surface area contributed by atoms with E-state index in [1.165, 1.54) is 44.4 Å². The maximum Gasteiger partial charge on any atom is 0.255 e. The topological polar surface area (TPSA) is 114 Å². The summed E-state index contributed by atoms with van der Waals surface area (Å²) in [6, 6.07) is 8.37. The van der Waals surface area contributed by atoms with Crippen molar-refractivity contribution >= 4 is 44.8 Å². The van der Waals surface area contributed by atoms with Crippen molar-refractivity contribution in [2.45, 2.75) is 31.7 Å². The number of amides is 2. The molecule has 0 radical (unpaired) electrons. The molecule has 29 heavy (non-hydrogen) atoms. The highest BCUT2D eigenvalue weighted by Crippen LogP contribution is 2.28. The zero-order valence-corrected chi connectivity index (χ0v) is 17.9. The van der Waals surface area contributed by atoms with Gasteiger partial charge in [0.2, 0.25) is 15.9 Å². The van der Waals surface area contributed by atoms with E-state index in [0.29, 0.717) is 11.4 Å². The average molecular weight is 440 g/mol. The molecule has 0 unspecified atom stereocenters. The highest BCUT2D eigenvalue weighted by atomic mass is 35.5. The number of rotatable bonds is 7. The first-order chi connectivity index (χ1) is 13.5. The van der Waals surface area contributed by atoms with Gasteiger partial charge in [0.15, 0.2) is 0 Å². The van der Waals surface area contributed by atoms with Crippen molar-refractivity contribution in [1.29, 1.82) is 0 Å². The Bertz CT molecular complexity index is 1040. The lowest BCUT2D eigenvalue weighted by Gasteiger charge is -2.14. The number of sulfonamides is 1. The van der Waals surface area contributed by atoms with Gasteiger partial charge in [-0.3, -0.25) is 9.59 Å². The van der Waals surface area contributed by atoms with Gasteiger partial charge in [0.25, 0.3) is 5.91 Å². The monoisotopic (exact) mass is 439 g/mol. The first-order valence-electron chi connectivity index (χ1n) is 8.62. The molecule has 2 aromatic rings. The van der Waals surface area contributed by atoms with Gasteiger partial charge in [-0.15, -0.1) is 0 Å². The molecule has 10 heteroatoms. The lowest BCUT2D eigenvalue weighted by atomic mass is 10.2. The second-order valence-corrected chi connectivity index (χ2v) is 8.56. The third-order valence-corrected chi connectivity index (χ3v) is 5.64. The minimum Gasteiger partial charge on any atom is -0.495 e. The van der Waals surface area contributed by atoms with E-state index in [4.69, 9.17) is 16.3 Å². The van der Waals surface area contributed by atoms with E-state index in [2.05, 4.69) is 15.4 Å². The van der Waals surface area contributed by atoms with E-state index < -0.39 is 15.9 Å². The van der Waals surface area contributed by atoms with Crippen molar-refractivity contribution in [1.82, 2.24) is 4.72 Å². The molecular weight excluding hydrogens is 418 g/mol. The van der Waals surface area contributed by atoms with E-state index in [1.54, 1.807) is 19.9 Å². The number of carbonyl (C=O) groups excluding carboxylic acids is 2. The van der Waals surface area contributed by atoms with E-state index in [1.807, 2.05) is 0 Å². The Kier molecular flexibility index (Phi) is 7.23. The Morgan fingerprint density at radius 3 is 2.31 bits per heavy atom. The first kappa shape index (κ1) is 22.7. The maximum absolute atomic E-state index is 12.6. The number of anilines is 2. The molecule has 2 amide bonds. The summed E-state index contributed by atoms with van der Waals surface area (Å²) in [6.07, 6.45) is 0. The minimum atomic E-state index is -3.88. The van der Waals surface area contributed by atoms with Gasteiger partial charge < -0.3 is 15.4 Å². The first-order valence-corrected chi connectivity index (χ1v) is 10.5. The van der Waals surface area contributed by atoms with Crippen LogP contribution in [0.5, 0.6) is 5.75 Å². The minimum absolute atomic E-state index is 0.108. The highest BCUT2D eigenvalue weighted by Gasteiger charge is 2.22. The number of ether oxygens (including phenoxy) is 1. The Balaban J connectivity index is 2.32. The highest BCUT2D eigenvalue weighted by molar-refractivity contribution is 7.89. The molecule has 8 nitrogen and oxygen atoms in total. The molecule has 2 aromatic carbocycles. The number of nitrogens with one attached hydrogen (secondary N) is 3. The predicted molar refractivity (Wildman–Crippen MR) is 112 cm³/mol. The molecule has 156 valence electrons. The van der Waals surface area contributed by atoms with Crippen LogP contribution in [0.4, 0.5) is 11.4 Å². The van der Waals surface area contributed by atoms with Crippen molar-refractivity contribution in [3.63, 3.8) is 0 Å². The molecule has 3 N–H and O–H groups in total. The molecule has 0 saturated heterocycles. The van der Waals surface area contributed by atoms with Crippen LogP contribution in [0.25, 0.3) is 0 Å². The van der Waals surface area contributed by atoms with Crippen LogP contribution in [-0.4, -0.2) is 33.4 Å². The van der Waals surface area contributed by atoms with E-state index in [0.717, 1.165) is 0 Å². The molecule has 0 spiro atoms. The zero-order chi connectivity index (χ0) is 21.8. The summed E-state index contributed by atoms with van der Waals surface area (Å²) >= 11 is 6.16. The summed E-state index contributed by atoms with van der Waals surface area (Å²) in [6.45, 7) is 4.74. The second-order valence-electron chi connectivity index (χ2n) is 6.47. The molecule has 0 aliphatic carbocycles. The summed E-state index contributed by atoms with van der Waals surface area (Å²) in [5.74, 6) is -0.685. The molecule has 0 fully saturated rings. The van der Waals surface area contributed by atoms with Gasteiger partial charge >= 0.3 is 0 Å². The fraction of sp³-hybridized carbons (Fsp3) is 0.263. The number of hydrogen-bond acceptors (Lipinski definition) is 5. The molecule has 0 saturated carbocycles. The summed E-state index contributed by atoms with van der Waals surface area (Å²) in [5, 5.41) is 5.43. The van der Waals surface area contributed by atoms with Crippen LogP contribution >= 0.6 is 11.6 Å². The summed E-state index contributed by atoms with van der Waals surface area (Å²) in [4.78, 5) is 23.6. The van der Waals surface area contributed by atoms with Gasteiger partial charge in [-0.2, -0.15) is 0 Å². The van der Waals surface area contributed by atoms with Gasteiger partial charge in [-0.1, -0.05) is 11.6 Å². The number of benzene rings is 2. The lowest BCUT2D eigenvalue weighted by Crippen LogP contribution is -2.30. The van der Waals surface area contributed by atoms with Crippen LogP contribution in [0.3, 0.4) is 0 Å². The molecular formula is C19H22ClN3O5S. The largest absolute Gasteiger partial charge is 0.495 e. The van der Waals surface area contributed by atoms with Crippen LogP contribution in [-0.2, 0) is 14.8 Å². The average Bonchev–Trinajstić information content (AvgIpc) is 2.61. The Hall–Kier alpha value is -2.62. The van der Waals surface area contributed by atoms with Crippen molar-refractivity contribution in [3.05, 3.63) is 47.0 Å². The number of hydrogen-bond donors (Lipinski definition) is 3. The van der Waals surface area contributed by atoms with Crippen LogP contribution in [0.2, 0.25) is 5.02 Å². The van der Waals surface area contributed by atoms with Gasteiger partial charge in [-0.25, -0.2) is 13.1 Å². The fourth-order valence-electron chi connectivity index (χ4n) is 2.49. The van der Waals surface area contributed by atoms with Gasteiger partial charge in [0.1, 0.15) is 10.6 Å². The standard InChI is InChI=1S/C19H22ClN3O5S/c1-11(2)23-29(26,27)18-9-13(5-8-17(18)28-4)19(25)22-16-7-6-14(10-15(16)20)21-12(3)24/h5-11,23H,1-4H3,(H,21,24)(H,22,25). The Morgan fingerprint density at radius 2 is 1.76 bits per heavy atom. The van der Waals surface area contributed by atoms with Gasteiger partial charge in [0.05, 0.1) is 17.8 Å². The normalized spacial score (nSPS) is 11.2. The smallest absolute Gasteiger partial charge is 0.255 e. The number of halogens is 1. The molecule has 0 aliphatic rings. The van der Waals surface area contributed by atoms with Crippen molar-refractivity contribution in [2.75, 3.05) is 17.7 Å². The third kappa shape index (κ3) is 5.93. The van der Waals surface area contributed by atoms with Crippen LogP contribution in [0, 0.1) is 0 Å². The van der Waals surface area contributed by atoms with Crippen molar-refractivity contribution in [2.24, 2.45) is 0 Å². The molecule has 0 heterocycles. The third-order valence-electron chi connectivity index (χ3n) is 3.64. The molecule has 0 aliphatic heterocycles. The molecule has 2 rings (SSSR count). The van der Waals surface area contributed by atoms with Crippen LogP contribution in [0.15, 0.2) is 41.3 Å². The van der Waals surface area contributed by atoms with E-state index in [9.17, 15) is 18.0 Å². The second kappa shape index (κ2) is 9.25. The van der Waals surface area contributed by atoms with Crippen LogP contribution in [0.1, 0.15) is 31.1 Å². The number of methoxy groups -OCH3 is 1.